The maximum atomic E-state index is 11.6. The number of ether oxygens (including phenoxy) is 2. The highest BCUT2D eigenvalue weighted by atomic mass is 79.9. The molecule has 0 amide bonds. The second-order valence-corrected chi connectivity index (χ2v) is 8.44. The number of aromatic nitrogens is 2. The number of nitrogens with one attached hydrogen (secondary N) is 1. The second kappa shape index (κ2) is 8.22. The van der Waals surface area contributed by atoms with E-state index < -0.39 is 11.8 Å². The number of imidazole rings is 1. The summed E-state index contributed by atoms with van der Waals surface area (Å²) in [4.78, 5) is 21.6. The molecule has 0 aliphatic carbocycles. The van der Waals surface area contributed by atoms with Crippen LogP contribution < -0.4 is 4.90 Å². The van der Waals surface area contributed by atoms with Crippen LogP contribution in [0, 0.1) is 0 Å². The molecule has 0 saturated carbocycles. The van der Waals surface area contributed by atoms with Gasteiger partial charge in [0.25, 0.3) is 0 Å². The van der Waals surface area contributed by atoms with Crippen molar-refractivity contribution in [2.24, 2.45) is 0 Å². The van der Waals surface area contributed by atoms with Gasteiger partial charge < -0.3 is 19.4 Å². The van der Waals surface area contributed by atoms with Crippen molar-refractivity contribution in [1.82, 2.24) is 9.97 Å². The van der Waals surface area contributed by atoms with Gasteiger partial charge >= 0.3 is 6.16 Å². The van der Waals surface area contributed by atoms with E-state index in [-0.39, 0.29) is 6.61 Å². The highest BCUT2D eigenvalue weighted by molar-refractivity contribution is 9.10. The largest absolute Gasteiger partial charge is 0.508 e. The van der Waals surface area contributed by atoms with Gasteiger partial charge in [-0.1, -0.05) is 15.9 Å². The number of aromatic amines is 1. The molecular weight excluding hydrogens is 422 g/mol. The number of hydrogen-bond donors (Lipinski definition) is 1. The van der Waals surface area contributed by atoms with Gasteiger partial charge in [0.1, 0.15) is 18.0 Å². The number of benzene rings is 2. The lowest BCUT2D eigenvalue weighted by Crippen LogP contribution is -2.28. The molecule has 1 aromatic heterocycles. The number of rotatable bonds is 5. The standard InChI is InChI=1S/C21H24BrN3O3/c1-21(2,3)28-20(26)27-12-11-25(4)16-8-5-14(6-9-16)19-23-17-10-7-15(22)13-18(17)24-19/h5-10,13H,11-12H2,1-4H3,(H,23,24). The molecular formula is C21H24BrN3O3. The van der Waals surface area contributed by atoms with Crippen molar-refractivity contribution in [1.29, 1.82) is 0 Å². The van der Waals surface area contributed by atoms with Crippen LogP contribution in [0.25, 0.3) is 22.4 Å². The molecule has 0 radical (unpaired) electrons. The van der Waals surface area contributed by atoms with Crippen molar-refractivity contribution in [3.8, 4) is 11.4 Å². The summed E-state index contributed by atoms with van der Waals surface area (Å²) in [6, 6.07) is 14.0. The second-order valence-electron chi connectivity index (χ2n) is 7.53. The van der Waals surface area contributed by atoms with Crippen molar-refractivity contribution in [2.75, 3.05) is 25.1 Å². The van der Waals surface area contributed by atoms with Gasteiger partial charge in [0, 0.05) is 22.8 Å². The first-order chi connectivity index (χ1) is 13.2. The number of halogens is 1. The van der Waals surface area contributed by atoms with E-state index in [0.717, 1.165) is 32.6 Å². The predicted molar refractivity (Wildman–Crippen MR) is 115 cm³/mol. The topological polar surface area (TPSA) is 67.4 Å². The van der Waals surface area contributed by atoms with Crippen molar-refractivity contribution < 1.29 is 14.3 Å². The van der Waals surface area contributed by atoms with Crippen LogP contribution in [0.2, 0.25) is 0 Å². The molecule has 2 aromatic carbocycles. The summed E-state index contributed by atoms with van der Waals surface area (Å²) >= 11 is 3.47. The van der Waals surface area contributed by atoms with E-state index in [0.29, 0.717) is 6.54 Å². The third-order valence-corrected chi connectivity index (χ3v) is 4.55. The Morgan fingerprint density at radius 1 is 1.18 bits per heavy atom. The molecule has 0 fully saturated rings. The first-order valence-electron chi connectivity index (χ1n) is 9.04. The highest BCUT2D eigenvalue weighted by Gasteiger charge is 2.17. The fourth-order valence-electron chi connectivity index (χ4n) is 2.67. The van der Waals surface area contributed by atoms with Crippen LogP contribution >= 0.6 is 15.9 Å². The Morgan fingerprint density at radius 2 is 1.89 bits per heavy atom. The van der Waals surface area contributed by atoms with Gasteiger partial charge in [-0.15, -0.1) is 0 Å². The molecule has 0 unspecified atom stereocenters. The summed E-state index contributed by atoms with van der Waals surface area (Å²) in [6.07, 6.45) is -0.646. The van der Waals surface area contributed by atoms with Crippen LogP contribution in [0.4, 0.5) is 10.5 Å². The molecule has 7 heteroatoms. The van der Waals surface area contributed by atoms with Crippen molar-refractivity contribution in [3.63, 3.8) is 0 Å². The summed E-state index contributed by atoms with van der Waals surface area (Å²) in [5, 5.41) is 0. The Bertz CT molecular complexity index is 961. The van der Waals surface area contributed by atoms with Crippen molar-refractivity contribution in [2.45, 2.75) is 26.4 Å². The molecule has 0 aliphatic heterocycles. The van der Waals surface area contributed by atoms with Crippen LogP contribution in [-0.4, -0.2) is 41.9 Å². The molecule has 6 nitrogen and oxygen atoms in total. The molecule has 148 valence electrons. The van der Waals surface area contributed by atoms with Gasteiger partial charge in [-0.25, -0.2) is 9.78 Å². The minimum atomic E-state index is -0.646. The summed E-state index contributed by atoms with van der Waals surface area (Å²) < 4.78 is 11.3. The Hall–Kier alpha value is -2.54. The number of carbonyl (C=O) groups excluding carboxylic acids is 1. The van der Waals surface area contributed by atoms with Gasteiger partial charge in [-0.05, 0) is 63.2 Å². The van der Waals surface area contributed by atoms with E-state index in [1.807, 2.05) is 75.2 Å². The lowest BCUT2D eigenvalue weighted by Gasteiger charge is -2.21. The highest BCUT2D eigenvalue weighted by Crippen LogP contribution is 2.25. The van der Waals surface area contributed by atoms with Crippen LogP contribution in [-0.2, 0) is 9.47 Å². The summed E-state index contributed by atoms with van der Waals surface area (Å²) in [5.41, 5.74) is 3.40. The number of hydrogen-bond acceptors (Lipinski definition) is 5. The number of fused-ring (bicyclic) bond motifs is 1. The van der Waals surface area contributed by atoms with E-state index in [1.54, 1.807) is 0 Å². The molecule has 28 heavy (non-hydrogen) atoms. The maximum Gasteiger partial charge on any atom is 0.508 e. The van der Waals surface area contributed by atoms with Crippen molar-refractivity contribution in [3.05, 3.63) is 46.9 Å². The zero-order valence-electron chi connectivity index (χ0n) is 16.5. The third kappa shape index (κ3) is 5.25. The minimum Gasteiger partial charge on any atom is -0.432 e. The first-order valence-corrected chi connectivity index (χ1v) is 9.83. The molecule has 0 bridgehead atoms. The lowest BCUT2D eigenvalue weighted by molar-refractivity contribution is -0.00588. The molecule has 3 aromatic rings. The Labute approximate surface area is 173 Å². The molecule has 3 rings (SSSR count). The fourth-order valence-corrected chi connectivity index (χ4v) is 3.03. The lowest BCUT2D eigenvalue weighted by atomic mass is 10.2. The SMILES string of the molecule is CN(CCOC(=O)OC(C)(C)C)c1ccc(-c2nc3ccc(Br)cc3[nH]2)cc1. The van der Waals surface area contributed by atoms with Crippen LogP contribution in [0.1, 0.15) is 20.8 Å². The van der Waals surface area contributed by atoms with E-state index in [4.69, 9.17) is 9.47 Å². The molecule has 0 atom stereocenters. The predicted octanol–water partition coefficient (Wildman–Crippen LogP) is 5.38. The van der Waals surface area contributed by atoms with Gasteiger partial charge in [0.2, 0.25) is 0 Å². The van der Waals surface area contributed by atoms with E-state index in [1.165, 1.54) is 0 Å². The molecule has 0 aliphatic rings. The smallest absolute Gasteiger partial charge is 0.432 e. The maximum absolute atomic E-state index is 11.6. The van der Waals surface area contributed by atoms with E-state index in [9.17, 15) is 4.79 Å². The Balaban J connectivity index is 1.59. The number of likely N-dealkylation sites (N-methyl/N-ethyl adjacent to an activating group) is 1. The van der Waals surface area contributed by atoms with Crippen LogP contribution in [0.15, 0.2) is 46.9 Å². The summed E-state index contributed by atoms with van der Waals surface area (Å²) in [5.74, 6) is 0.829. The zero-order valence-corrected chi connectivity index (χ0v) is 18.0. The Kier molecular flexibility index (Phi) is 5.93. The number of nitrogens with zero attached hydrogens (tertiary/aromatic N) is 2. The van der Waals surface area contributed by atoms with Gasteiger partial charge in [0.15, 0.2) is 0 Å². The van der Waals surface area contributed by atoms with E-state index in [2.05, 4.69) is 25.9 Å². The van der Waals surface area contributed by atoms with Gasteiger partial charge in [-0.3, -0.25) is 0 Å². The van der Waals surface area contributed by atoms with Crippen molar-refractivity contribution >= 4 is 38.8 Å². The molecule has 0 spiro atoms. The number of H-pyrrole nitrogens is 1. The molecule has 0 saturated heterocycles. The molecule has 1 heterocycles. The zero-order chi connectivity index (χ0) is 20.3. The number of anilines is 1. The molecule has 1 N–H and O–H groups in total. The summed E-state index contributed by atoms with van der Waals surface area (Å²) in [6.45, 7) is 6.25. The summed E-state index contributed by atoms with van der Waals surface area (Å²) in [7, 11) is 1.95. The van der Waals surface area contributed by atoms with Crippen LogP contribution in [0.5, 0.6) is 0 Å². The normalized spacial score (nSPS) is 11.5. The Morgan fingerprint density at radius 3 is 2.57 bits per heavy atom. The van der Waals surface area contributed by atoms with Crippen LogP contribution in [0.3, 0.4) is 0 Å². The first kappa shape index (κ1) is 20.2. The fraction of sp³-hybridized carbons (Fsp3) is 0.333. The van der Waals surface area contributed by atoms with Gasteiger partial charge in [-0.2, -0.15) is 0 Å². The average molecular weight is 446 g/mol. The van der Waals surface area contributed by atoms with E-state index >= 15 is 0 Å². The third-order valence-electron chi connectivity index (χ3n) is 4.06. The van der Waals surface area contributed by atoms with Gasteiger partial charge in [0.05, 0.1) is 17.6 Å². The minimum absolute atomic E-state index is 0.256. The average Bonchev–Trinajstić information content (AvgIpc) is 3.03. The monoisotopic (exact) mass is 445 g/mol. The number of carbonyl (C=O) groups is 1. The quantitative estimate of drug-likeness (QED) is 0.533.